The van der Waals surface area contributed by atoms with Crippen molar-refractivity contribution < 1.29 is 36.2 Å². The number of nitrogens with zero attached hydrogens (tertiary/aromatic N) is 2. The van der Waals surface area contributed by atoms with E-state index in [1.54, 1.807) is 42.6 Å². The minimum Gasteiger partial charge on any atom is -0.378 e. The number of alkyl halides is 6. The van der Waals surface area contributed by atoms with E-state index in [9.17, 15) is 31.1 Å². The lowest BCUT2D eigenvalue weighted by molar-refractivity contribution is -0.207. The maximum atomic E-state index is 12.4. The van der Waals surface area contributed by atoms with Gasteiger partial charge in [0, 0.05) is 12.4 Å². The summed E-state index contributed by atoms with van der Waals surface area (Å²) in [6.07, 6.45) is -3.60. The number of hydrogen-bond donors (Lipinski definition) is 1. The standard InChI is InChI=1S/C13H10F3NO.C12H9NO.C4H9F3Si/c14-13(15,16)12(18)11-8-10(6-7-17-11)9-4-2-1-3-5-9;14-9-12-8-11(6-7-13-12)10-4-2-1-3-5-10;1-8(2,3)4(5,6)7/h1-8,12,18H;1-9H;1-3H3. The van der Waals surface area contributed by atoms with Gasteiger partial charge in [-0.15, -0.1) is 0 Å². The number of halogens is 6. The number of aliphatic hydroxyl groups is 1. The van der Waals surface area contributed by atoms with Crippen molar-refractivity contribution >= 4 is 14.4 Å². The largest absolute Gasteiger partial charge is 0.420 e. The lowest BCUT2D eigenvalue weighted by atomic mass is 10.0. The molecule has 212 valence electrons. The fourth-order valence-corrected chi connectivity index (χ4v) is 2.90. The van der Waals surface area contributed by atoms with Crippen LogP contribution in [-0.4, -0.2) is 41.4 Å². The quantitative estimate of drug-likeness (QED) is 0.150. The normalized spacial score (nSPS) is 12.2. The minimum absolute atomic E-state index is 0.399. The number of rotatable bonds is 4. The maximum Gasteiger partial charge on any atom is 0.420 e. The highest BCUT2D eigenvalue weighted by Crippen LogP contribution is 2.33. The van der Waals surface area contributed by atoms with Crippen molar-refractivity contribution in [2.75, 3.05) is 0 Å². The molecular weight excluding hydrogens is 550 g/mol. The molecule has 0 aliphatic rings. The van der Waals surface area contributed by atoms with Crippen molar-refractivity contribution in [1.82, 2.24) is 9.97 Å². The number of carbonyl (C=O) groups is 1. The summed E-state index contributed by atoms with van der Waals surface area (Å²) in [5.41, 5.74) is 3.54. The Morgan fingerprint density at radius 3 is 1.52 bits per heavy atom. The third-order valence-corrected chi connectivity index (χ3v) is 7.04. The predicted octanol–water partition coefficient (Wildman–Crippen LogP) is 8.33. The third kappa shape index (κ3) is 10.0. The van der Waals surface area contributed by atoms with Crippen LogP contribution in [0.2, 0.25) is 19.6 Å². The van der Waals surface area contributed by atoms with E-state index >= 15 is 0 Å². The summed E-state index contributed by atoms with van der Waals surface area (Å²) >= 11 is 0. The molecule has 0 aliphatic carbocycles. The molecule has 0 saturated heterocycles. The molecule has 1 N–H and O–H groups in total. The number of aromatic nitrogens is 2. The predicted molar refractivity (Wildman–Crippen MR) is 145 cm³/mol. The third-order valence-electron chi connectivity index (χ3n) is 5.34. The molecule has 11 heteroatoms. The van der Waals surface area contributed by atoms with Crippen LogP contribution >= 0.6 is 0 Å². The molecule has 0 amide bonds. The van der Waals surface area contributed by atoms with E-state index in [0.717, 1.165) is 23.0 Å². The molecule has 2 aromatic carbocycles. The Morgan fingerprint density at radius 1 is 0.700 bits per heavy atom. The van der Waals surface area contributed by atoms with E-state index in [0.29, 0.717) is 11.3 Å². The zero-order valence-electron chi connectivity index (χ0n) is 21.9. The molecule has 4 aromatic rings. The van der Waals surface area contributed by atoms with Gasteiger partial charge in [-0.1, -0.05) is 80.3 Å². The topological polar surface area (TPSA) is 63.1 Å². The smallest absolute Gasteiger partial charge is 0.378 e. The number of aliphatic hydroxyl groups excluding tert-OH is 1. The minimum atomic E-state index is -4.71. The van der Waals surface area contributed by atoms with Crippen molar-refractivity contribution in [3.63, 3.8) is 0 Å². The number of benzene rings is 2. The highest BCUT2D eigenvalue weighted by Gasteiger charge is 2.45. The van der Waals surface area contributed by atoms with E-state index in [1.807, 2.05) is 42.5 Å². The lowest BCUT2D eigenvalue weighted by Gasteiger charge is -2.19. The fraction of sp³-hybridized carbons (Fsp3) is 0.207. The average Bonchev–Trinajstić information content (AvgIpc) is 2.93. The second-order valence-electron chi connectivity index (χ2n) is 9.48. The van der Waals surface area contributed by atoms with Crippen LogP contribution in [0.25, 0.3) is 22.3 Å². The summed E-state index contributed by atoms with van der Waals surface area (Å²) in [4.78, 5) is 18.0. The summed E-state index contributed by atoms with van der Waals surface area (Å²) in [7, 11) is -2.86. The van der Waals surface area contributed by atoms with Gasteiger partial charge in [0.1, 0.15) is 5.69 Å². The van der Waals surface area contributed by atoms with Gasteiger partial charge in [0.25, 0.3) is 0 Å². The molecule has 2 aromatic heterocycles. The molecule has 0 spiro atoms. The van der Waals surface area contributed by atoms with E-state index in [1.165, 1.54) is 31.9 Å². The van der Waals surface area contributed by atoms with Gasteiger partial charge in [-0.2, -0.15) is 26.3 Å². The van der Waals surface area contributed by atoms with Gasteiger partial charge in [0.2, 0.25) is 0 Å². The molecule has 0 bridgehead atoms. The summed E-state index contributed by atoms with van der Waals surface area (Å²) < 4.78 is 72.0. The molecule has 0 aliphatic heterocycles. The van der Waals surface area contributed by atoms with Crippen molar-refractivity contribution in [1.29, 1.82) is 0 Å². The Balaban J connectivity index is 0.000000227. The van der Waals surface area contributed by atoms with Crippen LogP contribution in [0, 0.1) is 0 Å². The Bertz CT molecular complexity index is 1330. The van der Waals surface area contributed by atoms with Gasteiger partial charge >= 0.3 is 12.0 Å². The second kappa shape index (κ2) is 14.0. The van der Waals surface area contributed by atoms with Crippen LogP contribution in [0.1, 0.15) is 22.3 Å². The van der Waals surface area contributed by atoms with Gasteiger partial charge in [-0.05, 0) is 46.5 Å². The highest BCUT2D eigenvalue weighted by molar-refractivity contribution is 6.77. The molecule has 2 heterocycles. The zero-order valence-corrected chi connectivity index (χ0v) is 22.9. The van der Waals surface area contributed by atoms with Crippen LogP contribution in [0.3, 0.4) is 0 Å². The first kappa shape index (κ1) is 32.4. The van der Waals surface area contributed by atoms with Gasteiger partial charge in [0.05, 0.1) is 5.69 Å². The molecule has 1 atom stereocenters. The monoisotopic (exact) mass is 578 g/mol. The Morgan fingerprint density at radius 2 is 1.12 bits per heavy atom. The Kier molecular flexibility index (Phi) is 11.3. The van der Waals surface area contributed by atoms with Gasteiger partial charge in [-0.3, -0.25) is 14.8 Å². The van der Waals surface area contributed by atoms with E-state index in [2.05, 4.69) is 9.97 Å². The van der Waals surface area contributed by atoms with E-state index < -0.39 is 31.8 Å². The van der Waals surface area contributed by atoms with Gasteiger partial charge in [0.15, 0.2) is 20.5 Å². The molecule has 4 nitrogen and oxygen atoms in total. The molecule has 4 rings (SSSR count). The van der Waals surface area contributed by atoms with Crippen LogP contribution in [0.4, 0.5) is 26.3 Å². The van der Waals surface area contributed by atoms with Crippen LogP contribution in [0.15, 0.2) is 97.3 Å². The number of aldehydes is 1. The molecular formula is C29H28F6N2O2Si. The van der Waals surface area contributed by atoms with Crippen LogP contribution in [0.5, 0.6) is 0 Å². The first-order chi connectivity index (χ1) is 18.6. The first-order valence-electron chi connectivity index (χ1n) is 11.9. The number of pyridine rings is 2. The molecule has 0 fully saturated rings. The van der Waals surface area contributed by atoms with E-state index in [-0.39, 0.29) is 0 Å². The average molecular weight is 579 g/mol. The van der Waals surface area contributed by atoms with Gasteiger partial charge in [-0.25, -0.2) is 0 Å². The number of hydrogen-bond acceptors (Lipinski definition) is 4. The van der Waals surface area contributed by atoms with Crippen molar-refractivity contribution in [3.8, 4) is 22.3 Å². The van der Waals surface area contributed by atoms with Gasteiger partial charge < -0.3 is 5.11 Å². The summed E-state index contributed by atoms with van der Waals surface area (Å²) in [6.45, 7) is 3.85. The molecule has 40 heavy (non-hydrogen) atoms. The van der Waals surface area contributed by atoms with Crippen LogP contribution in [-0.2, 0) is 0 Å². The SMILES string of the molecule is C[Si](C)(C)C(F)(F)F.O=Cc1cc(-c2ccccc2)ccn1.OC(c1cc(-c2ccccc2)ccn1)C(F)(F)F. The highest BCUT2D eigenvalue weighted by atomic mass is 28.3. The molecule has 0 saturated carbocycles. The first-order valence-corrected chi connectivity index (χ1v) is 15.4. The van der Waals surface area contributed by atoms with Crippen molar-refractivity contribution in [3.05, 3.63) is 109 Å². The number of carbonyl (C=O) groups excluding carboxylic acids is 1. The second-order valence-corrected chi connectivity index (χ2v) is 14.5. The van der Waals surface area contributed by atoms with Crippen molar-refractivity contribution in [2.45, 2.75) is 37.7 Å². The zero-order chi connectivity index (χ0) is 30.0. The summed E-state index contributed by atoms with van der Waals surface area (Å²) in [5, 5.41) is 9.14. The Labute approximate surface area is 229 Å². The summed E-state index contributed by atoms with van der Waals surface area (Å²) in [5.74, 6) is -3.92. The van der Waals surface area contributed by atoms with Crippen molar-refractivity contribution in [2.24, 2.45) is 0 Å². The Hall–Kier alpha value is -3.83. The summed E-state index contributed by atoms with van der Waals surface area (Å²) in [6, 6.07) is 25.4. The van der Waals surface area contributed by atoms with Crippen LogP contribution < -0.4 is 0 Å². The molecule has 0 radical (unpaired) electrons. The fourth-order valence-electron chi connectivity index (χ4n) is 2.90. The molecule has 1 unspecified atom stereocenters. The maximum absolute atomic E-state index is 12.4. The van der Waals surface area contributed by atoms with E-state index in [4.69, 9.17) is 5.11 Å². The lowest BCUT2D eigenvalue weighted by Crippen LogP contribution is -2.40.